The van der Waals surface area contributed by atoms with E-state index in [2.05, 4.69) is 4.90 Å². The normalized spacial score (nSPS) is 21.6. The van der Waals surface area contributed by atoms with Crippen LogP contribution < -0.4 is 4.74 Å². The third-order valence-corrected chi connectivity index (χ3v) is 4.63. The molecule has 0 radical (unpaired) electrons. The largest absolute Gasteiger partial charge is 0.488 e. The van der Waals surface area contributed by atoms with Crippen molar-refractivity contribution in [3.05, 3.63) is 28.8 Å². The smallest absolute Gasteiger partial charge is 0.123 e. The minimum atomic E-state index is 0.225. The highest BCUT2D eigenvalue weighted by molar-refractivity contribution is 6.30. The molecule has 1 aromatic rings. The van der Waals surface area contributed by atoms with Gasteiger partial charge in [-0.2, -0.15) is 0 Å². The van der Waals surface area contributed by atoms with Gasteiger partial charge >= 0.3 is 0 Å². The fourth-order valence-electron chi connectivity index (χ4n) is 3.10. The van der Waals surface area contributed by atoms with E-state index >= 15 is 0 Å². The average Bonchev–Trinajstić information content (AvgIpc) is 2.75. The van der Waals surface area contributed by atoms with Crippen molar-refractivity contribution >= 4 is 11.6 Å². The Balaban J connectivity index is 1.59. The highest BCUT2D eigenvalue weighted by atomic mass is 35.5. The van der Waals surface area contributed by atoms with E-state index in [9.17, 15) is 0 Å². The van der Waals surface area contributed by atoms with Crippen LogP contribution in [0.1, 0.15) is 31.2 Å². The Morgan fingerprint density at radius 3 is 2.90 bits per heavy atom. The van der Waals surface area contributed by atoms with Crippen LogP contribution in [-0.4, -0.2) is 41.8 Å². The molecule has 20 heavy (non-hydrogen) atoms. The van der Waals surface area contributed by atoms with Crippen LogP contribution in [0.2, 0.25) is 5.02 Å². The van der Waals surface area contributed by atoms with Gasteiger partial charge in [-0.3, -0.25) is 4.90 Å². The molecule has 1 atom stereocenters. The second-order valence-electron chi connectivity index (χ2n) is 5.85. The molecule has 0 aromatic heterocycles. The number of halogens is 1. The molecule has 1 aromatic carbocycles. The first-order valence-electron chi connectivity index (χ1n) is 7.56. The summed E-state index contributed by atoms with van der Waals surface area (Å²) in [5.41, 5.74) is 1.22. The number of aliphatic hydroxyl groups is 1. The lowest BCUT2D eigenvalue weighted by atomic mass is 9.91. The van der Waals surface area contributed by atoms with Crippen molar-refractivity contribution in [2.45, 2.75) is 44.2 Å². The molecule has 1 N–H and O–H groups in total. The third-order valence-electron chi connectivity index (χ3n) is 4.40. The molecule has 0 saturated heterocycles. The first kappa shape index (κ1) is 14.2. The van der Waals surface area contributed by atoms with Gasteiger partial charge in [-0.25, -0.2) is 0 Å². The first-order chi connectivity index (χ1) is 9.76. The third kappa shape index (κ3) is 3.11. The molecule has 4 heteroatoms. The predicted octanol–water partition coefficient (Wildman–Crippen LogP) is 2.88. The van der Waals surface area contributed by atoms with Gasteiger partial charge in [0.05, 0.1) is 0 Å². The number of aliphatic hydroxyl groups excluding tert-OH is 1. The SMILES string of the molecule is OCCCN(CC1Cc2cc(Cl)ccc2O1)C1CCC1. The van der Waals surface area contributed by atoms with Crippen LogP contribution in [0.15, 0.2) is 18.2 Å². The Labute approximate surface area is 125 Å². The minimum absolute atomic E-state index is 0.225. The summed E-state index contributed by atoms with van der Waals surface area (Å²) in [4.78, 5) is 2.50. The highest BCUT2D eigenvalue weighted by Crippen LogP contribution is 2.32. The van der Waals surface area contributed by atoms with Gasteiger partial charge in [-0.15, -0.1) is 0 Å². The topological polar surface area (TPSA) is 32.7 Å². The quantitative estimate of drug-likeness (QED) is 0.876. The summed E-state index contributed by atoms with van der Waals surface area (Å²) in [6.07, 6.45) is 5.93. The summed E-state index contributed by atoms with van der Waals surface area (Å²) >= 11 is 6.03. The molecule has 0 amide bonds. The summed E-state index contributed by atoms with van der Waals surface area (Å²) < 4.78 is 6.03. The zero-order valence-electron chi connectivity index (χ0n) is 11.7. The van der Waals surface area contributed by atoms with E-state index in [1.165, 1.54) is 24.8 Å². The Bertz CT molecular complexity index is 462. The number of rotatable bonds is 6. The average molecular weight is 296 g/mol. The van der Waals surface area contributed by atoms with E-state index in [4.69, 9.17) is 21.4 Å². The molecule has 2 aliphatic rings. The molecule has 1 aliphatic carbocycles. The predicted molar refractivity (Wildman–Crippen MR) is 80.5 cm³/mol. The molecule has 110 valence electrons. The number of nitrogens with zero attached hydrogens (tertiary/aromatic N) is 1. The summed E-state index contributed by atoms with van der Waals surface area (Å²) in [5.74, 6) is 0.982. The van der Waals surface area contributed by atoms with E-state index in [-0.39, 0.29) is 12.7 Å². The maximum absolute atomic E-state index is 9.05. The van der Waals surface area contributed by atoms with Crippen LogP contribution in [0.25, 0.3) is 0 Å². The van der Waals surface area contributed by atoms with E-state index in [0.717, 1.165) is 36.7 Å². The second-order valence-corrected chi connectivity index (χ2v) is 6.29. The molecule has 0 spiro atoms. The van der Waals surface area contributed by atoms with Gasteiger partial charge in [0, 0.05) is 37.2 Å². The molecule has 3 rings (SSSR count). The Kier molecular flexibility index (Phi) is 4.49. The lowest BCUT2D eigenvalue weighted by molar-refractivity contribution is 0.0726. The minimum Gasteiger partial charge on any atom is -0.488 e. The van der Waals surface area contributed by atoms with Crippen LogP contribution in [0, 0.1) is 0 Å². The fraction of sp³-hybridized carbons (Fsp3) is 0.625. The van der Waals surface area contributed by atoms with Crippen molar-refractivity contribution in [1.82, 2.24) is 4.90 Å². The Hall–Kier alpha value is -0.770. The van der Waals surface area contributed by atoms with Crippen molar-refractivity contribution in [3.8, 4) is 5.75 Å². The standard InChI is InChI=1S/C16H22ClNO2/c17-13-5-6-16-12(9-13)10-15(20-16)11-18(7-2-8-19)14-3-1-4-14/h5-6,9,14-15,19H,1-4,7-8,10-11H2. The Morgan fingerprint density at radius 1 is 1.35 bits per heavy atom. The first-order valence-corrected chi connectivity index (χ1v) is 7.94. The maximum atomic E-state index is 9.05. The van der Waals surface area contributed by atoms with Crippen LogP contribution in [0.4, 0.5) is 0 Å². The van der Waals surface area contributed by atoms with Crippen LogP contribution in [0.3, 0.4) is 0 Å². The van der Waals surface area contributed by atoms with Gasteiger partial charge in [-0.05, 0) is 43.0 Å². The second kappa shape index (κ2) is 6.33. The van der Waals surface area contributed by atoms with E-state index in [1.54, 1.807) is 0 Å². The van der Waals surface area contributed by atoms with Crippen molar-refractivity contribution in [1.29, 1.82) is 0 Å². The molecular weight excluding hydrogens is 274 g/mol. The van der Waals surface area contributed by atoms with Crippen molar-refractivity contribution < 1.29 is 9.84 Å². The van der Waals surface area contributed by atoms with E-state index < -0.39 is 0 Å². The van der Waals surface area contributed by atoms with Gasteiger partial charge in [-0.1, -0.05) is 18.0 Å². The monoisotopic (exact) mass is 295 g/mol. The van der Waals surface area contributed by atoms with Crippen LogP contribution >= 0.6 is 11.6 Å². The number of hydrogen-bond donors (Lipinski definition) is 1. The number of ether oxygens (including phenoxy) is 1. The van der Waals surface area contributed by atoms with Crippen molar-refractivity contribution in [2.75, 3.05) is 19.7 Å². The summed E-state index contributed by atoms with van der Waals surface area (Å²) in [7, 11) is 0. The Morgan fingerprint density at radius 2 is 2.20 bits per heavy atom. The molecule has 1 fully saturated rings. The molecule has 0 bridgehead atoms. The maximum Gasteiger partial charge on any atom is 0.123 e. The molecule has 1 unspecified atom stereocenters. The van der Waals surface area contributed by atoms with Gasteiger partial charge in [0.1, 0.15) is 11.9 Å². The molecule has 1 heterocycles. The van der Waals surface area contributed by atoms with Gasteiger partial charge in [0.15, 0.2) is 0 Å². The van der Waals surface area contributed by atoms with E-state index in [1.807, 2.05) is 18.2 Å². The summed E-state index contributed by atoms with van der Waals surface area (Å²) in [6.45, 7) is 2.19. The van der Waals surface area contributed by atoms with Crippen LogP contribution in [-0.2, 0) is 6.42 Å². The molecular formula is C16H22ClNO2. The summed E-state index contributed by atoms with van der Waals surface area (Å²) in [5, 5.41) is 9.83. The fourth-order valence-corrected chi connectivity index (χ4v) is 3.30. The zero-order valence-corrected chi connectivity index (χ0v) is 12.5. The van der Waals surface area contributed by atoms with E-state index in [0.29, 0.717) is 6.04 Å². The molecule has 1 saturated carbocycles. The summed E-state index contributed by atoms with van der Waals surface area (Å²) in [6, 6.07) is 6.56. The van der Waals surface area contributed by atoms with Gasteiger partial charge in [0.2, 0.25) is 0 Å². The lowest BCUT2D eigenvalue weighted by Crippen LogP contribution is -2.45. The highest BCUT2D eigenvalue weighted by Gasteiger charge is 2.30. The van der Waals surface area contributed by atoms with Crippen LogP contribution in [0.5, 0.6) is 5.75 Å². The lowest BCUT2D eigenvalue weighted by Gasteiger charge is -2.38. The molecule has 3 nitrogen and oxygen atoms in total. The number of fused-ring (bicyclic) bond motifs is 1. The molecule has 1 aliphatic heterocycles. The number of benzene rings is 1. The van der Waals surface area contributed by atoms with Crippen molar-refractivity contribution in [3.63, 3.8) is 0 Å². The van der Waals surface area contributed by atoms with Crippen molar-refractivity contribution in [2.24, 2.45) is 0 Å². The van der Waals surface area contributed by atoms with Gasteiger partial charge < -0.3 is 9.84 Å². The number of hydrogen-bond acceptors (Lipinski definition) is 3. The van der Waals surface area contributed by atoms with Gasteiger partial charge in [0.25, 0.3) is 0 Å². The zero-order chi connectivity index (χ0) is 13.9.